The van der Waals surface area contributed by atoms with Gasteiger partial charge in [-0.1, -0.05) is 6.92 Å². The van der Waals surface area contributed by atoms with Gasteiger partial charge in [-0.15, -0.1) is 0 Å². The van der Waals surface area contributed by atoms with Crippen LogP contribution >= 0.6 is 0 Å². The summed E-state index contributed by atoms with van der Waals surface area (Å²) in [5.41, 5.74) is 1.79. The number of Topliss-reactive ketones (excluding diaryl/α,β-unsaturated/α-hetero) is 1. The highest BCUT2D eigenvalue weighted by Crippen LogP contribution is 2.22. The third kappa shape index (κ3) is 1.82. The van der Waals surface area contributed by atoms with Gasteiger partial charge in [-0.25, -0.2) is 0 Å². The van der Waals surface area contributed by atoms with Crippen LogP contribution in [0.15, 0.2) is 4.42 Å². The summed E-state index contributed by atoms with van der Waals surface area (Å²) in [7, 11) is 0. The van der Waals surface area contributed by atoms with Crippen molar-refractivity contribution in [1.29, 1.82) is 0 Å². The zero-order valence-corrected chi connectivity index (χ0v) is 8.73. The van der Waals surface area contributed by atoms with Crippen molar-refractivity contribution in [3.8, 4) is 0 Å². The monoisotopic (exact) mass is 180 g/mol. The van der Waals surface area contributed by atoms with E-state index in [1.807, 2.05) is 13.8 Å². The molecule has 1 rings (SSSR count). The van der Waals surface area contributed by atoms with Gasteiger partial charge in [-0.3, -0.25) is 4.79 Å². The SMILES string of the molecule is CCCc1oc(C)c(C(C)=O)c1C. The Balaban J connectivity index is 3.14. The van der Waals surface area contributed by atoms with Crippen LogP contribution in [0.3, 0.4) is 0 Å². The zero-order valence-electron chi connectivity index (χ0n) is 8.73. The Morgan fingerprint density at radius 2 is 2.00 bits per heavy atom. The summed E-state index contributed by atoms with van der Waals surface area (Å²) in [6, 6.07) is 0. The van der Waals surface area contributed by atoms with Crippen molar-refractivity contribution < 1.29 is 9.21 Å². The molecule has 72 valence electrons. The lowest BCUT2D eigenvalue weighted by Gasteiger charge is -1.94. The molecular weight excluding hydrogens is 164 g/mol. The molecule has 0 aliphatic carbocycles. The van der Waals surface area contributed by atoms with Gasteiger partial charge in [0.25, 0.3) is 0 Å². The van der Waals surface area contributed by atoms with Crippen molar-refractivity contribution in [3.05, 3.63) is 22.6 Å². The number of furan rings is 1. The molecule has 0 aliphatic rings. The number of carbonyl (C=O) groups excluding carboxylic acids is 1. The van der Waals surface area contributed by atoms with Gasteiger partial charge in [0.2, 0.25) is 0 Å². The third-order valence-corrected chi connectivity index (χ3v) is 2.25. The first-order valence-corrected chi connectivity index (χ1v) is 4.67. The van der Waals surface area contributed by atoms with Gasteiger partial charge in [0, 0.05) is 12.0 Å². The lowest BCUT2D eigenvalue weighted by molar-refractivity contribution is 0.101. The maximum absolute atomic E-state index is 11.2. The summed E-state index contributed by atoms with van der Waals surface area (Å²) in [5.74, 6) is 1.82. The number of aryl methyl sites for hydroxylation is 2. The van der Waals surface area contributed by atoms with Crippen LogP contribution < -0.4 is 0 Å². The average Bonchev–Trinajstić information content (AvgIpc) is 2.28. The first kappa shape index (κ1) is 10.0. The molecular formula is C11H16O2. The molecule has 0 saturated heterocycles. The summed E-state index contributed by atoms with van der Waals surface area (Å²) in [4.78, 5) is 11.2. The molecule has 0 radical (unpaired) electrons. The van der Waals surface area contributed by atoms with E-state index in [0.29, 0.717) is 0 Å². The molecule has 0 aromatic carbocycles. The van der Waals surface area contributed by atoms with E-state index in [9.17, 15) is 4.79 Å². The van der Waals surface area contributed by atoms with E-state index in [1.165, 1.54) is 0 Å². The van der Waals surface area contributed by atoms with Crippen molar-refractivity contribution in [1.82, 2.24) is 0 Å². The predicted octanol–water partition coefficient (Wildman–Crippen LogP) is 3.05. The lowest BCUT2D eigenvalue weighted by atomic mass is 10.1. The smallest absolute Gasteiger partial charge is 0.163 e. The van der Waals surface area contributed by atoms with Crippen molar-refractivity contribution in [3.63, 3.8) is 0 Å². The molecule has 1 aromatic rings. The first-order valence-electron chi connectivity index (χ1n) is 4.67. The first-order chi connectivity index (χ1) is 6.07. The fourth-order valence-corrected chi connectivity index (χ4v) is 1.69. The maximum atomic E-state index is 11.2. The van der Waals surface area contributed by atoms with Gasteiger partial charge in [0.05, 0.1) is 5.56 Å². The number of rotatable bonds is 3. The zero-order chi connectivity index (χ0) is 10.0. The molecule has 13 heavy (non-hydrogen) atoms. The highest BCUT2D eigenvalue weighted by Gasteiger charge is 2.16. The summed E-state index contributed by atoms with van der Waals surface area (Å²) in [5, 5.41) is 0. The third-order valence-electron chi connectivity index (χ3n) is 2.25. The summed E-state index contributed by atoms with van der Waals surface area (Å²) in [6.07, 6.45) is 1.96. The quantitative estimate of drug-likeness (QED) is 0.669. The van der Waals surface area contributed by atoms with Crippen molar-refractivity contribution in [2.45, 2.75) is 40.5 Å². The van der Waals surface area contributed by atoms with Crippen LogP contribution in [0.1, 0.15) is 47.7 Å². The van der Waals surface area contributed by atoms with Crippen LogP contribution in [-0.4, -0.2) is 5.78 Å². The van der Waals surface area contributed by atoms with Crippen LogP contribution in [0, 0.1) is 13.8 Å². The second-order valence-electron chi connectivity index (χ2n) is 3.39. The Morgan fingerprint density at radius 3 is 2.38 bits per heavy atom. The summed E-state index contributed by atoms with van der Waals surface area (Å²) >= 11 is 0. The van der Waals surface area contributed by atoms with E-state index in [-0.39, 0.29) is 5.78 Å². The fourth-order valence-electron chi connectivity index (χ4n) is 1.69. The van der Waals surface area contributed by atoms with Crippen molar-refractivity contribution >= 4 is 5.78 Å². The van der Waals surface area contributed by atoms with Crippen LogP contribution in [-0.2, 0) is 6.42 Å². The molecule has 0 atom stereocenters. The highest BCUT2D eigenvalue weighted by molar-refractivity contribution is 5.96. The van der Waals surface area contributed by atoms with Crippen LogP contribution in [0.5, 0.6) is 0 Å². The van der Waals surface area contributed by atoms with Gasteiger partial charge < -0.3 is 4.42 Å². The fraction of sp³-hybridized carbons (Fsp3) is 0.545. The van der Waals surface area contributed by atoms with Gasteiger partial charge in [-0.2, -0.15) is 0 Å². The molecule has 0 fully saturated rings. The summed E-state index contributed by atoms with van der Waals surface area (Å²) in [6.45, 7) is 7.49. The summed E-state index contributed by atoms with van der Waals surface area (Å²) < 4.78 is 5.53. The average molecular weight is 180 g/mol. The Hall–Kier alpha value is -1.05. The number of hydrogen-bond donors (Lipinski definition) is 0. The minimum atomic E-state index is 0.0982. The van der Waals surface area contributed by atoms with E-state index in [1.54, 1.807) is 6.92 Å². The Bertz CT molecular complexity index is 321. The second kappa shape index (κ2) is 3.77. The molecule has 0 N–H and O–H groups in total. The number of hydrogen-bond acceptors (Lipinski definition) is 2. The molecule has 0 saturated carbocycles. The topological polar surface area (TPSA) is 30.2 Å². The van der Waals surface area contributed by atoms with E-state index in [4.69, 9.17) is 4.42 Å². The molecule has 1 heterocycles. The van der Waals surface area contributed by atoms with Crippen molar-refractivity contribution in [2.75, 3.05) is 0 Å². The van der Waals surface area contributed by atoms with Gasteiger partial charge >= 0.3 is 0 Å². The van der Waals surface area contributed by atoms with Crippen LogP contribution in [0.4, 0.5) is 0 Å². The van der Waals surface area contributed by atoms with E-state index >= 15 is 0 Å². The Kier molecular flexibility index (Phi) is 2.91. The van der Waals surface area contributed by atoms with Crippen LogP contribution in [0.2, 0.25) is 0 Å². The molecule has 0 bridgehead atoms. The molecule has 1 aromatic heterocycles. The van der Waals surface area contributed by atoms with E-state index in [2.05, 4.69) is 6.92 Å². The molecule has 0 amide bonds. The van der Waals surface area contributed by atoms with Crippen molar-refractivity contribution in [2.24, 2.45) is 0 Å². The lowest BCUT2D eigenvalue weighted by Crippen LogP contribution is -1.95. The van der Waals surface area contributed by atoms with Gasteiger partial charge in [0.1, 0.15) is 11.5 Å². The largest absolute Gasteiger partial charge is 0.465 e. The molecule has 2 nitrogen and oxygen atoms in total. The standard InChI is InChI=1S/C11H16O2/c1-5-6-10-7(2)11(8(3)12)9(4)13-10/h5-6H2,1-4H3. The predicted molar refractivity (Wildman–Crippen MR) is 52.2 cm³/mol. The number of ketones is 1. The van der Waals surface area contributed by atoms with Crippen LogP contribution in [0.25, 0.3) is 0 Å². The molecule has 0 unspecified atom stereocenters. The van der Waals surface area contributed by atoms with Gasteiger partial charge in [0.15, 0.2) is 5.78 Å². The number of carbonyl (C=O) groups is 1. The minimum Gasteiger partial charge on any atom is -0.465 e. The molecule has 2 heteroatoms. The Morgan fingerprint density at radius 1 is 1.38 bits per heavy atom. The minimum absolute atomic E-state index is 0.0982. The second-order valence-corrected chi connectivity index (χ2v) is 3.39. The van der Waals surface area contributed by atoms with E-state index in [0.717, 1.165) is 35.5 Å². The van der Waals surface area contributed by atoms with E-state index < -0.39 is 0 Å². The highest BCUT2D eigenvalue weighted by atomic mass is 16.3. The maximum Gasteiger partial charge on any atom is 0.163 e. The molecule has 0 spiro atoms. The Labute approximate surface area is 78.9 Å². The van der Waals surface area contributed by atoms with Gasteiger partial charge in [-0.05, 0) is 27.2 Å². The normalized spacial score (nSPS) is 10.5. The molecule has 0 aliphatic heterocycles.